The number of aryl methyl sites for hydroxylation is 1. The summed E-state index contributed by atoms with van der Waals surface area (Å²) in [4.78, 5) is 25.0. The normalized spacial score (nSPS) is 24.1. The maximum Gasteiger partial charge on any atom is 0.332 e. The number of rotatable bonds is 8. The minimum Gasteiger partial charge on any atom is -0.493 e. The molecule has 4 rings (SSSR count). The topological polar surface area (TPSA) is 94.1 Å². The van der Waals surface area contributed by atoms with Crippen LogP contribution in [0.4, 0.5) is 0 Å². The second-order valence-corrected chi connectivity index (χ2v) is 8.21. The molecule has 0 aromatic heterocycles. The molecule has 3 unspecified atom stereocenters. The van der Waals surface area contributed by atoms with Gasteiger partial charge >= 0.3 is 5.97 Å². The van der Waals surface area contributed by atoms with E-state index in [-0.39, 0.29) is 12.5 Å². The van der Waals surface area contributed by atoms with Gasteiger partial charge in [0.2, 0.25) is 0 Å². The largest absolute Gasteiger partial charge is 0.493 e. The second-order valence-electron chi connectivity index (χ2n) is 8.21. The molecule has 2 aromatic carbocycles. The number of methoxy groups -OCH3 is 1. The Hall–Kier alpha value is -3.06. The molecule has 2 fully saturated rings. The number of carboxylic acids is 1. The van der Waals surface area contributed by atoms with Gasteiger partial charge in [0, 0.05) is 18.4 Å². The van der Waals surface area contributed by atoms with Gasteiger partial charge in [0.25, 0.3) is 5.91 Å². The SMILES string of the molecule is COc1ccc(C(=O)NC2(C(=O)O)CC3CCC2O3)cc1OCCc1cccc(C)c1. The van der Waals surface area contributed by atoms with Gasteiger partial charge in [-0.1, -0.05) is 29.8 Å². The first-order valence-corrected chi connectivity index (χ1v) is 10.5. The molecule has 0 spiro atoms. The van der Waals surface area contributed by atoms with Crippen LogP contribution >= 0.6 is 0 Å². The molecule has 2 aliphatic heterocycles. The van der Waals surface area contributed by atoms with Gasteiger partial charge < -0.3 is 24.6 Å². The number of fused-ring (bicyclic) bond motifs is 2. The van der Waals surface area contributed by atoms with E-state index in [1.54, 1.807) is 18.2 Å². The Morgan fingerprint density at radius 3 is 2.68 bits per heavy atom. The van der Waals surface area contributed by atoms with Crippen LogP contribution < -0.4 is 14.8 Å². The van der Waals surface area contributed by atoms with Gasteiger partial charge in [-0.2, -0.15) is 0 Å². The Bertz CT molecular complexity index is 990. The summed E-state index contributed by atoms with van der Waals surface area (Å²) in [6.45, 7) is 2.46. The van der Waals surface area contributed by atoms with E-state index in [0.717, 1.165) is 12.0 Å². The molecule has 2 aromatic rings. The first kappa shape index (κ1) is 21.2. The maximum absolute atomic E-state index is 12.9. The van der Waals surface area contributed by atoms with Gasteiger partial charge in [-0.05, 0) is 43.5 Å². The van der Waals surface area contributed by atoms with Gasteiger partial charge in [-0.15, -0.1) is 0 Å². The zero-order valence-electron chi connectivity index (χ0n) is 17.7. The lowest BCUT2D eigenvalue weighted by Crippen LogP contribution is -2.60. The summed E-state index contributed by atoms with van der Waals surface area (Å²) in [5.74, 6) is -0.575. The summed E-state index contributed by atoms with van der Waals surface area (Å²) in [6, 6.07) is 13.0. The molecule has 2 saturated heterocycles. The molecule has 0 aliphatic carbocycles. The van der Waals surface area contributed by atoms with E-state index >= 15 is 0 Å². The zero-order chi connectivity index (χ0) is 22.0. The molecular weight excluding hydrogens is 398 g/mol. The number of ether oxygens (including phenoxy) is 3. The number of benzene rings is 2. The Balaban J connectivity index is 1.47. The predicted octanol–water partition coefficient (Wildman–Crippen LogP) is 3.13. The lowest BCUT2D eigenvalue weighted by molar-refractivity contribution is -0.146. The smallest absolute Gasteiger partial charge is 0.332 e. The van der Waals surface area contributed by atoms with Crippen molar-refractivity contribution >= 4 is 11.9 Å². The van der Waals surface area contributed by atoms with E-state index in [1.165, 1.54) is 12.7 Å². The van der Waals surface area contributed by atoms with Crippen molar-refractivity contribution in [3.63, 3.8) is 0 Å². The van der Waals surface area contributed by atoms with Crippen molar-refractivity contribution in [3.05, 3.63) is 59.2 Å². The molecule has 164 valence electrons. The number of carbonyl (C=O) groups excluding carboxylic acids is 1. The van der Waals surface area contributed by atoms with Crippen LogP contribution in [-0.4, -0.2) is 48.4 Å². The van der Waals surface area contributed by atoms with Gasteiger partial charge in [0.05, 0.1) is 25.9 Å². The first-order chi connectivity index (χ1) is 14.9. The van der Waals surface area contributed by atoms with E-state index in [2.05, 4.69) is 11.4 Å². The quantitative estimate of drug-likeness (QED) is 0.675. The van der Waals surface area contributed by atoms with Crippen molar-refractivity contribution in [2.24, 2.45) is 0 Å². The van der Waals surface area contributed by atoms with Crippen LogP contribution in [0.5, 0.6) is 11.5 Å². The summed E-state index contributed by atoms with van der Waals surface area (Å²) in [5.41, 5.74) is 1.28. The molecule has 2 bridgehead atoms. The molecule has 1 amide bonds. The third kappa shape index (κ3) is 4.23. The van der Waals surface area contributed by atoms with Crippen LogP contribution in [0, 0.1) is 6.92 Å². The fraction of sp³-hybridized carbons (Fsp3) is 0.417. The van der Waals surface area contributed by atoms with E-state index < -0.39 is 23.5 Å². The van der Waals surface area contributed by atoms with E-state index in [1.807, 2.05) is 25.1 Å². The average Bonchev–Trinajstić information content (AvgIpc) is 3.35. The highest BCUT2D eigenvalue weighted by molar-refractivity contribution is 5.98. The highest BCUT2D eigenvalue weighted by atomic mass is 16.5. The van der Waals surface area contributed by atoms with Crippen molar-refractivity contribution in [1.29, 1.82) is 0 Å². The third-order valence-electron chi connectivity index (χ3n) is 6.08. The number of aliphatic carboxylic acids is 1. The minimum atomic E-state index is -1.38. The summed E-state index contributed by atoms with van der Waals surface area (Å²) < 4.78 is 17.0. The van der Waals surface area contributed by atoms with E-state index in [4.69, 9.17) is 14.2 Å². The van der Waals surface area contributed by atoms with Crippen LogP contribution in [0.2, 0.25) is 0 Å². The standard InChI is InChI=1S/C24H27NO6/c1-15-4-3-5-16(12-15)10-11-30-20-13-17(6-8-19(20)29-2)22(26)25-24(23(27)28)14-18-7-9-21(24)31-18/h3-6,8,12-13,18,21H,7,9-11,14H2,1-2H3,(H,25,26)(H,27,28). The molecule has 2 N–H and O–H groups in total. The Kier molecular flexibility index (Phi) is 5.87. The summed E-state index contributed by atoms with van der Waals surface area (Å²) >= 11 is 0. The molecule has 3 atom stereocenters. The van der Waals surface area contributed by atoms with Crippen LogP contribution in [0.1, 0.15) is 40.7 Å². The third-order valence-corrected chi connectivity index (χ3v) is 6.08. The van der Waals surface area contributed by atoms with Crippen LogP contribution in [-0.2, 0) is 16.0 Å². The van der Waals surface area contributed by atoms with Gasteiger partial charge in [-0.25, -0.2) is 4.79 Å². The highest BCUT2D eigenvalue weighted by Crippen LogP contribution is 2.42. The summed E-state index contributed by atoms with van der Waals surface area (Å²) in [6.07, 6.45) is 1.85. The van der Waals surface area contributed by atoms with Crippen molar-refractivity contribution in [2.75, 3.05) is 13.7 Å². The number of hydrogen-bond acceptors (Lipinski definition) is 5. The van der Waals surface area contributed by atoms with Crippen molar-refractivity contribution in [3.8, 4) is 11.5 Å². The first-order valence-electron chi connectivity index (χ1n) is 10.5. The minimum absolute atomic E-state index is 0.113. The second kappa shape index (κ2) is 8.59. The zero-order valence-corrected chi connectivity index (χ0v) is 17.7. The molecule has 31 heavy (non-hydrogen) atoms. The lowest BCUT2D eigenvalue weighted by atomic mass is 9.81. The van der Waals surface area contributed by atoms with Crippen LogP contribution in [0.3, 0.4) is 0 Å². The molecule has 0 saturated carbocycles. The van der Waals surface area contributed by atoms with Crippen molar-refractivity contribution in [2.45, 2.75) is 50.4 Å². The maximum atomic E-state index is 12.9. The lowest BCUT2D eigenvalue weighted by Gasteiger charge is -2.31. The van der Waals surface area contributed by atoms with Crippen LogP contribution in [0.25, 0.3) is 0 Å². The number of nitrogens with one attached hydrogen (secondary N) is 1. The van der Waals surface area contributed by atoms with Crippen molar-refractivity contribution < 1.29 is 28.9 Å². The van der Waals surface area contributed by atoms with Crippen molar-refractivity contribution in [1.82, 2.24) is 5.32 Å². The van der Waals surface area contributed by atoms with Gasteiger partial charge in [-0.3, -0.25) is 4.79 Å². The molecular formula is C24H27NO6. The fourth-order valence-corrected chi connectivity index (χ4v) is 4.47. The highest BCUT2D eigenvalue weighted by Gasteiger charge is 2.58. The van der Waals surface area contributed by atoms with Gasteiger partial charge in [0.1, 0.15) is 0 Å². The predicted molar refractivity (Wildman–Crippen MR) is 114 cm³/mol. The molecule has 2 aliphatic rings. The number of carboxylic acid groups (broad SMARTS) is 1. The van der Waals surface area contributed by atoms with E-state index in [0.29, 0.717) is 36.5 Å². The summed E-state index contributed by atoms with van der Waals surface area (Å²) in [7, 11) is 1.54. The summed E-state index contributed by atoms with van der Waals surface area (Å²) in [5, 5.41) is 12.6. The number of carbonyl (C=O) groups is 2. The van der Waals surface area contributed by atoms with E-state index in [9.17, 15) is 14.7 Å². The Labute approximate surface area is 181 Å². The fourth-order valence-electron chi connectivity index (χ4n) is 4.47. The molecule has 0 radical (unpaired) electrons. The number of amides is 1. The monoisotopic (exact) mass is 425 g/mol. The average molecular weight is 425 g/mol. The van der Waals surface area contributed by atoms with Gasteiger partial charge in [0.15, 0.2) is 17.0 Å². The Morgan fingerprint density at radius 1 is 1.19 bits per heavy atom. The molecule has 7 nitrogen and oxygen atoms in total. The molecule has 7 heteroatoms. The van der Waals surface area contributed by atoms with Crippen LogP contribution in [0.15, 0.2) is 42.5 Å². The Morgan fingerprint density at radius 2 is 2.03 bits per heavy atom. The molecule has 2 heterocycles. The number of hydrogen-bond donors (Lipinski definition) is 2.